The lowest BCUT2D eigenvalue weighted by atomic mass is 9.84. The van der Waals surface area contributed by atoms with Crippen LogP contribution in [0.15, 0.2) is 188 Å². The molecule has 12 aromatic rings. The monoisotopic (exact) mass is 701 g/mol. The van der Waals surface area contributed by atoms with Crippen LogP contribution in [0, 0.1) is 0 Å². The van der Waals surface area contributed by atoms with Crippen molar-refractivity contribution in [1.29, 1.82) is 0 Å². The van der Waals surface area contributed by atoms with Crippen molar-refractivity contribution in [1.82, 2.24) is 4.57 Å². The van der Waals surface area contributed by atoms with Crippen molar-refractivity contribution < 1.29 is 0 Å². The summed E-state index contributed by atoms with van der Waals surface area (Å²) in [4.78, 5) is 1.29. The van der Waals surface area contributed by atoms with Gasteiger partial charge in [0.25, 0.3) is 0 Å². The second-order valence-electron chi connectivity index (χ2n) is 14.4. The van der Waals surface area contributed by atoms with Gasteiger partial charge in [-0.2, -0.15) is 0 Å². The standard InChI is InChI=1S/C52H31NS/c1-2-14-34(15-3-1)53-47-31-33(27-29-44(47)51-45-24-12-13-25-48(45)54-52(51)53)50-42-22-10-8-20-40(42)49(41-21-9-11-23-43(41)50)32-26-28-39-37-18-5-4-16-35(37)36-17-6-7-19-38(36)46(39)30-32/h1-31H. The van der Waals surface area contributed by atoms with E-state index in [9.17, 15) is 0 Å². The molecule has 2 heterocycles. The van der Waals surface area contributed by atoms with Gasteiger partial charge in [0.15, 0.2) is 0 Å². The number of para-hydroxylation sites is 1. The third-order valence-electron chi connectivity index (χ3n) is 11.6. The third-order valence-corrected chi connectivity index (χ3v) is 12.7. The predicted octanol–water partition coefficient (Wildman–Crippen LogP) is 15.1. The number of benzene rings is 10. The highest BCUT2D eigenvalue weighted by atomic mass is 32.1. The minimum absolute atomic E-state index is 1.18. The maximum atomic E-state index is 2.47. The quantitative estimate of drug-likeness (QED) is 0.128. The molecule has 0 spiro atoms. The molecule has 0 atom stereocenters. The van der Waals surface area contributed by atoms with Gasteiger partial charge in [0, 0.05) is 26.5 Å². The van der Waals surface area contributed by atoms with E-state index in [0.29, 0.717) is 0 Å². The van der Waals surface area contributed by atoms with Crippen LogP contribution < -0.4 is 0 Å². The Morgan fingerprint density at radius 2 is 0.741 bits per heavy atom. The Labute approximate surface area is 315 Å². The van der Waals surface area contributed by atoms with Crippen LogP contribution in [0.5, 0.6) is 0 Å². The van der Waals surface area contributed by atoms with Crippen LogP contribution in [0.3, 0.4) is 0 Å². The molecular formula is C52H31NS. The van der Waals surface area contributed by atoms with Crippen LogP contribution in [-0.4, -0.2) is 4.57 Å². The number of fused-ring (bicyclic) bond motifs is 13. The highest BCUT2D eigenvalue weighted by Gasteiger charge is 2.21. The highest BCUT2D eigenvalue weighted by Crippen LogP contribution is 2.48. The maximum Gasteiger partial charge on any atom is 0.109 e. The average Bonchev–Trinajstić information content (AvgIpc) is 3.77. The van der Waals surface area contributed by atoms with E-state index in [1.807, 2.05) is 11.3 Å². The van der Waals surface area contributed by atoms with Gasteiger partial charge in [-0.1, -0.05) is 158 Å². The van der Waals surface area contributed by atoms with E-state index < -0.39 is 0 Å². The molecule has 0 bridgehead atoms. The summed E-state index contributed by atoms with van der Waals surface area (Å²) < 4.78 is 3.79. The zero-order chi connectivity index (χ0) is 35.3. The van der Waals surface area contributed by atoms with Gasteiger partial charge >= 0.3 is 0 Å². The summed E-state index contributed by atoms with van der Waals surface area (Å²) in [7, 11) is 0. The van der Waals surface area contributed by atoms with E-state index in [2.05, 4.69) is 193 Å². The summed E-state index contributed by atoms with van der Waals surface area (Å²) in [6, 6.07) is 69.7. The van der Waals surface area contributed by atoms with Crippen LogP contribution in [0.1, 0.15) is 0 Å². The van der Waals surface area contributed by atoms with Crippen LogP contribution in [0.4, 0.5) is 0 Å². The molecule has 2 heteroatoms. The first-order chi connectivity index (χ1) is 26.8. The lowest BCUT2D eigenvalue weighted by Gasteiger charge is -2.19. The first-order valence-corrected chi connectivity index (χ1v) is 19.4. The van der Waals surface area contributed by atoms with Crippen molar-refractivity contribution in [3.05, 3.63) is 188 Å². The summed E-state index contributed by atoms with van der Waals surface area (Å²) in [5.74, 6) is 0. The van der Waals surface area contributed by atoms with E-state index in [0.717, 1.165) is 0 Å². The second kappa shape index (κ2) is 11.4. The van der Waals surface area contributed by atoms with Crippen LogP contribution in [0.25, 0.3) is 113 Å². The van der Waals surface area contributed by atoms with Gasteiger partial charge in [-0.3, -0.25) is 0 Å². The van der Waals surface area contributed by atoms with Crippen LogP contribution >= 0.6 is 11.3 Å². The molecule has 0 saturated carbocycles. The van der Waals surface area contributed by atoms with Crippen molar-refractivity contribution in [2.45, 2.75) is 0 Å². The van der Waals surface area contributed by atoms with Gasteiger partial charge in [0.2, 0.25) is 0 Å². The number of rotatable bonds is 3. The Morgan fingerprint density at radius 3 is 1.31 bits per heavy atom. The molecule has 1 nitrogen and oxygen atoms in total. The van der Waals surface area contributed by atoms with E-state index in [1.54, 1.807) is 0 Å². The van der Waals surface area contributed by atoms with Gasteiger partial charge in [0.05, 0.1) is 5.52 Å². The van der Waals surface area contributed by atoms with Gasteiger partial charge in [-0.15, -0.1) is 11.3 Å². The predicted molar refractivity (Wildman–Crippen MR) is 235 cm³/mol. The summed E-state index contributed by atoms with van der Waals surface area (Å²) in [5, 5.41) is 16.8. The van der Waals surface area contributed by atoms with E-state index in [1.165, 1.54) is 113 Å². The summed E-state index contributed by atoms with van der Waals surface area (Å²) in [6.07, 6.45) is 0. The fourth-order valence-corrected chi connectivity index (χ4v) is 10.5. The SMILES string of the molecule is c1ccc(-n2c3cc(-c4c5ccccc5c(-c5ccc6c7ccccc7c7ccccc7c6c5)c5ccccc45)ccc3c3c4ccccc4sc32)cc1. The minimum atomic E-state index is 1.18. The molecule has 0 aliphatic heterocycles. The highest BCUT2D eigenvalue weighted by molar-refractivity contribution is 7.25. The first-order valence-electron chi connectivity index (χ1n) is 18.6. The van der Waals surface area contributed by atoms with Crippen LogP contribution in [-0.2, 0) is 0 Å². The van der Waals surface area contributed by atoms with E-state index in [-0.39, 0.29) is 0 Å². The molecule has 0 fully saturated rings. The van der Waals surface area contributed by atoms with Crippen molar-refractivity contribution in [2.75, 3.05) is 0 Å². The van der Waals surface area contributed by atoms with Gasteiger partial charge < -0.3 is 4.57 Å². The van der Waals surface area contributed by atoms with Gasteiger partial charge in [0.1, 0.15) is 4.83 Å². The fraction of sp³-hybridized carbons (Fsp3) is 0. The van der Waals surface area contributed by atoms with Gasteiger partial charge in [-0.05, 0) is 106 Å². The van der Waals surface area contributed by atoms with Crippen molar-refractivity contribution in [3.8, 4) is 27.9 Å². The Bertz CT molecular complexity index is 3400. The smallest absolute Gasteiger partial charge is 0.109 e. The van der Waals surface area contributed by atoms with E-state index in [4.69, 9.17) is 0 Å². The Morgan fingerprint density at radius 1 is 0.315 bits per heavy atom. The van der Waals surface area contributed by atoms with Crippen molar-refractivity contribution in [2.24, 2.45) is 0 Å². The zero-order valence-corrected chi connectivity index (χ0v) is 30.1. The molecule has 0 amide bonds. The molecule has 250 valence electrons. The molecule has 0 radical (unpaired) electrons. The Balaban J connectivity index is 1.16. The molecule has 2 aromatic heterocycles. The minimum Gasteiger partial charge on any atom is -0.301 e. The molecule has 0 aliphatic carbocycles. The first kappa shape index (κ1) is 29.8. The maximum absolute atomic E-state index is 2.47. The molecule has 10 aromatic carbocycles. The third kappa shape index (κ3) is 4.14. The molecule has 12 rings (SSSR count). The molecule has 54 heavy (non-hydrogen) atoms. The Hall–Kier alpha value is -6.74. The van der Waals surface area contributed by atoms with Crippen LogP contribution in [0.2, 0.25) is 0 Å². The number of thiophene rings is 1. The van der Waals surface area contributed by atoms with Gasteiger partial charge in [-0.25, -0.2) is 0 Å². The zero-order valence-electron chi connectivity index (χ0n) is 29.3. The average molecular weight is 702 g/mol. The second-order valence-corrected chi connectivity index (χ2v) is 15.4. The summed E-state index contributed by atoms with van der Waals surface area (Å²) >= 11 is 1.88. The normalized spacial score (nSPS) is 12.1. The van der Waals surface area contributed by atoms with E-state index >= 15 is 0 Å². The lowest BCUT2D eigenvalue weighted by molar-refractivity contribution is 1.19. The fourth-order valence-electron chi connectivity index (χ4n) is 9.29. The molecule has 0 aliphatic rings. The largest absolute Gasteiger partial charge is 0.301 e. The topological polar surface area (TPSA) is 4.93 Å². The number of nitrogens with zero attached hydrogens (tertiary/aromatic N) is 1. The molecule has 0 saturated heterocycles. The Kier molecular flexibility index (Phi) is 6.28. The lowest BCUT2D eigenvalue weighted by Crippen LogP contribution is -1.94. The summed E-state index contributed by atoms with van der Waals surface area (Å²) in [6.45, 7) is 0. The number of aromatic nitrogens is 1. The molecular weight excluding hydrogens is 671 g/mol. The van der Waals surface area contributed by atoms with Crippen molar-refractivity contribution in [3.63, 3.8) is 0 Å². The molecule has 0 N–H and O–H groups in total. The summed E-state index contributed by atoms with van der Waals surface area (Å²) in [5.41, 5.74) is 7.44. The number of hydrogen-bond donors (Lipinski definition) is 0. The molecule has 0 unspecified atom stereocenters. The van der Waals surface area contributed by atoms with Crippen molar-refractivity contribution >= 4 is 96.4 Å². The number of hydrogen-bond acceptors (Lipinski definition) is 1.